The molecule has 0 spiro atoms. The van der Waals surface area contributed by atoms with Gasteiger partial charge >= 0.3 is 0 Å². The van der Waals surface area contributed by atoms with Gasteiger partial charge in [0, 0.05) is 5.69 Å². The molecule has 1 aliphatic heterocycles. The second-order valence-electron chi connectivity index (χ2n) is 6.06. The smallest absolute Gasteiger partial charge is 0.241 e. The van der Waals surface area contributed by atoms with E-state index < -0.39 is 51.5 Å². The van der Waals surface area contributed by atoms with Gasteiger partial charge in [0.15, 0.2) is 17.5 Å². The zero-order valence-electron chi connectivity index (χ0n) is 14.3. The number of nitrogens with one attached hydrogen (secondary N) is 3. The van der Waals surface area contributed by atoms with E-state index in [1.807, 2.05) is 10.0 Å². The van der Waals surface area contributed by atoms with Crippen LogP contribution in [0.15, 0.2) is 35.2 Å². The molecule has 0 aromatic heterocycles. The fraction of sp³-hybridized carbons (Fsp3) is 0.176. The van der Waals surface area contributed by atoms with E-state index in [0.717, 1.165) is 6.07 Å². The molecule has 3 rings (SSSR count). The Morgan fingerprint density at radius 2 is 1.86 bits per heavy atom. The molecule has 1 heterocycles. The van der Waals surface area contributed by atoms with Crippen molar-refractivity contribution in [3.05, 3.63) is 53.3 Å². The topological polar surface area (TPSA) is 104 Å². The number of carbonyl (C=O) groups is 2. The summed E-state index contributed by atoms with van der Waals surface area (Å²) >= 11 is 0. The molecule has 7 nitrogen and oxygen atoms in total. The van der Waals surface area contributed by atoms with Crippen molar-refractivity contribution >= 4 is 33.2 Å². The quantitative estimate of drug-likeness (QED) is 0.653. The first-order valence-electron chi connectivity index (χ1n) is 7.98. The highest BCUT2D eigenvalue weighted by molar-refractivity contribution is 7.89. The van der Waals surface area contributed by atoms with Gasteiger partial charge in [-0.15, -0.1) is 0 Å². The van der Waals surface area contributed by atoms with Crippen molar-refractivity contribution in [2.24, 2.45) is 0 Å². The van der Waals surface area contributed by atoms with E-state index in [-0.39, 0.29) is 10.8 Å². The highest BCUT2D eigenvalue weighted by Gasteiger charge is 2.28. The molecule has 148 valence electrons. The SMILES string of the molecule is C[C@@H]1C(=O)Nc2ccc(S(=O)(=O)NCC(=O)Nc3ccc(F)c(F)c3F)cc21. The third-order valence-electron chi connectivity index (χ3n) is 4.18. The maximum Gasteiger partial charge on any atom is 0.241 e. The molecule has 11 heteroatoms. The predicted molar refractivity (Wildman–Crippen MR) is 93.6 cm³/mol. The van der Waals surface area contributed by atoms with Crippen molar-refractivity contribution in [3.63, 3.8) is 0 Å². The van der Waals surface area contributed by atoms with Crippen LogP contribution in [0, 0.1) is 17.5 Å². The van der Waals surface area contributed by atoms with E-state index >= 15 is 0 Å². The summed E-state index contributed by atoms with van der Waals surface area (Å²) in [5.74, 6) is -6.54. The fourth-order valence-electron chi connectivity index (χ4n) is 2.62. The van der Waals surface area contributed by atoms with Crippen molar-refractivity contribution in [2.45, 2.75) is 17.7 Å². The van der Waals surface area contributed by atoms with E-state index in [4.69, 9.17) is 0 Å². The number of carbonyl (C=O) groups excluding carboxylic acids is 2. The van der Waals surface area contributed by atoms with Crippen LogP contribution in [0.25, 0.3) is 0 Å². The molecule has 2 amide bonds. The summed E-state index contributed by atoms with van der Waals surface area (Å²) in [5.41, 5.74) is 0.378. The molecule has 0 saturated heterocycles. The number of anilines is 2. The standard InChI is InChI=1S/C17H14F3N3O4S/c1-8-10-6-9(2-4-12(10)23-17(8)25)28(26,27)21-7-14(24)22-13-5-3-11(18)15(19)16(13)20/h2-6,8,21H,7H2,1H3,(H,22,24)(H,23,25)/t8-/m0/s1. The van der Waals surface area contributed by atoms with Gasteiger partial charge in [-0.2, -0.15) is 0 Å². The van der Waals surface area contributed by atoms with Crippen LogP contribution in [-0.4, -0.2) is 26.8 Å². The number of hydrogen-bond donors (Lipinski definition) is 3. The number of rotatable bonds is 5. The highest BCUT2D eigenvalue weighted by Crippen LogP contribution is 2.33. The molecule has 2 aromatic carbocycles. The first kappa shape index (κ1) is 19.8. The first-order chi connectivity index (χ1) is 13.1. The van der Waals surface area contributed by atoms with E-state index in [1.54, 1.807) is 6.92 Å². The molecular weight excluding hydrogens is 399 g/mol. The molecule has 0 unspecified atom stereocenters. The molecule has 0 fully saturated rings. The molecule has 3 N–H and O–H groups in total. The van der Waals surface area contributed by atoms with Crippen LogP contribution >= 0.6 is 0 Å². The molecule has 0 bridgehead atoms. The van der Waals surface area contributed by atoms with Crippen LogP contribution in [0.2, 0.25) is 0 Å². The number of hydrogen-bond acceptors (Lipinski definition) is 4. The van der Waals surface area contributed by atoms with Crippen LogP contribution in [0.4, 0.5) is 24.5 Å². The maximum atomic E-state index is 13.6. The van der Waals surface area contributed by atoms with Crippen molar-refractivity contribution in [1.82, 2.24) is 4.72 Å². The summed E-state index contributed by atoms with van der Waals surface area (Å²) in [5, 5.41) is 4.56. The minimum atomic E-state index is -4.11. The Bertz CT molecular complexity index is 1090. The van der Waals surface area contributed by atoms with E-state index in [2.05, 4.69) is 5.32 Å². The van der Waals surface area contributed by atoms with E-state index in [9.17, 15) is 31.2 Å². The minimum Gasteiger partial charge on any atom is -0.325 e. The Kier molecular flexibility index (Phi) is 5.13. The molecule has 2 aromatic rings. The summed E-state index contributed by atoms with van der Waals surface area (Å²) in [6, 6.07) is 5.44. The molecule has 0 radical (unpaired) electrons. The van der Waals surface area contributed by atoms with Crippen LogP contribution in [0.1, 0.15) is 18.4 Å². The lowest BCUT2D eigenvalue weighted by atomic mass is 10.0. The third kappa shape index (κ3) is 3.71. The zero-order chi connectivity index (χ0) is 20.6. The Balaban J connectivity index is 1.70. The fourth-order valence-corrected chi connectivity index (χ4v) is 3.64. The van der Waals surface area contributed by atoms with Gasteiger partial charge in [0.05, 0.1) is 23.0 Å². The van der Waals surface area contributed by atoms with Gasteiger partial charge in [0.1, 0.15) is 0 Å². The monoisotopic (exact) mass is 413 g/mol. The first-order valence-corrected chi connectivity index (χ1v) is 9.46. The lowest BCUT2D eigenvalue weighted by molar-refractivity contribution is -0.117. The van der Waals surface area contributed by atoms with Crippen LogP contribution in [-0.2, 0) is 19.6 Å². The lowest BCUT2D eigenvalue weighted by Gasteiger charge is -2.10. The van der Waals surface area contributed by atoms with Gasteiger partial charge in [-0.05, 0) is 42.8 Å². The lowest BCUT2D eigenvalue weighted by Crippen LogP contribution is -2.33. The molecular formula is C17H14F3N3O4S. The van der Waals surface area contributed by atoms with Gasteiger partial charge in [-0.3, -0.25) is 9.59 Å². The number of halogens is 3. The molecule has 0 aliphatic carbocycles. The highest BCUT2D eigenvalue weighted by atomic mass is 32.2. The number of sulfonamides is 1. The third-order valence-corrected chi connectivity index (χ3v) is 5.58. The van der Waals surface area contributed by atoms with Gasteiger partial charge in [0.2, 0.25) is 21.8 Å². The van der Waals surface area contributed by atoms with Crippen LogP contribution < -0.4 is 15.4 Å². The number of fused-ring (bicyclic) bond motifs is 1. The molecule has 1 aliphatic rings. The largest absolute Gasteiger partial charge is 0.325 e. The summed E-state index contributed by atoms with van der Waals surface area (Å²) in [4.78, 5) is 23.3. The zero-order valence-corrected chi connectivity index (χ0v) is 15.2. The number of amides is 2. The Hall–Kier alpha value is -2.92. The number of benzene rings is 2. The Labute approximate surface area is 158 Å². The second kappa shape index (κ2) is 7.24. The van der Waals surface area contributed by atoms with Gasteiger partial charge in [0.25, 0.3) is 0 Å². The summed E-state index contributed by atoms with van der Waals surface area (Å²) in [6.45, 7) is 0.847. The van der Waals surface area contributed by atoms with Crippen molar-refractivity contribution < 1.29 is 31.2 Å². The van der Waals surface area contributed by atoms with Gasteiger partial charge < -0.3 is 10.6 Å². The normalized spacial score (nSPS) is 15.9. The van der Waals surface area contributed by atoms with E-state index in [0.29, 0.717) is 17.3 Å². The average molecular weight is 413 g/mol. The second-order valence-corrected chi connectivity index (χ2v) is 7.82. The molecule has 1 atom stereocenters. The van der Waals surface area contributed by atoms with E-state index in [1.165, 1.54) is 18.2 Å². The predicted octanol–water partition coefficient (Wildman–Crippen LogP) is 2.08. The Morgan fingerprint density at radius 1 is 1.14 bits per heavy atom. The summed E-state index contributed by atoms with van der Waals surface area (Å²) in [6.07, 6.45) is 0. The summed E-state index contributed by atoms with van der Waals surface area (Å²) in [7, 11) is -4.11. The maximum absolute atomic E-state index is 13.6. The van der Waals surface area contributed by atoms with Crippen molar-refractivity contribution in [1.29, 1.82) is 0 Å². The van der Waals surface area contributed by atoms with Crippen LogP contribution in [0.3, 0.4) is 0 Å². The molecule has 28 heavy (non-hydrogen) atoms. The summed E-state index contributed by atoms with van der Waals surface area (Å²) < 4.78 is 66.4. The van der Waals surface area contributed by atoms with Gasteiger partial charge in [-0.1, -0.05) is 0 Å². The van der Waals surface area contributed by atoms with Crippen LogP contribution in [0.5, 0.6) is 0 Å². The van der Waals surface area contributed by atoms with Crippen molar-refractivity contribution in [3.8, 4) is 0 Å². The van der Waals surface area contributed by atoms with Gasteiger partial charge in [-0.25, -0.2) is 26.3 Å². The minimum absolute atomic E-state index is 0.165. The molecule has 0 saturated carbocycles. The van der Waals surface area contributed by atoms with Crippen molar-refractivity contribution in [2.75, 3.05) is 17.2 Å². The average Bonchev–Trinajstić information content (AvgIpc) is 2.94. The Morgan fingerprint density at radius 3 is 2.57 bits per heavy atom.